The first kappa shape index (κ1) is 16.4. The Labute approximate surface area is 123 Å². The largest absolute Gasteiger partial charge is 0.338 e. The van der Waals surface area contributed by atoms with Crippen LogP contribution < -0.4 is 5.32 Å². The minimum atomic E-state index is -0.401. The van der Waals surface area contributed by atoms with E-state index in [0.717, 1.165) is 17.5 Å². The SMILES string of the molecule is CNCCC(=O)N1CCc2ccc([N+](=O)[O-])cc2C1.Cl. The number of rotatable bonds is 4. The number of carbonyl (C=O) groups is 1. The highest BCUT2D eigenvalue weighted by molar-refractivity contribution is 5.85. The zero-order chi connectivity index (χ0) is 13.8. The summed E-state index contributed by atoms with van der Waals surface area (Å²) < 4.78 is 0. The van der Waals surface area contributed by atoms with Gasteiger partial charge in [-0.05, 0) is 24.6 Å². The van der Waals surface area contributed by atoms with Crippen LogP contribution in [0.2, 0.25) is 0 Å². The topological polar surface area (TPSA) is 75.5 Å². The molecule has 0 unspecified atom stereocenters. The van der Waals surface area contributed by atoms with Gasteiger partial charge in [-0.2, -0.15) is 0 Å². The van der Waals surface area contributed by atoms with Crippen LogP contribution in [0.15, 0.2) is 18.2 Å². The third kappa shape index (κ3) is 3.68. The van der Waals surface area contributed by atoms with E-state index in [4.69, 9.17) is 0 Å². The fraction of sp³-hybridized carbons (Fsp3) is 0.462. The number of halogens is 1. The molecule has 20 heavy (non-hydrogen) atoms. The summed E-state index contributed by atoms with van der Waals surface area (Å²) in [5.41, 5.74) is 2.07. The Balaban J connectivity index is 0.00000200. The van der Waals surface area contributed by atoms with Crippen molar-refractivity contribution in [1.82, 2.24) is 10.2 Å². The Morgan fingerprint density at radius 3 is 2.85 bits per heavy atom. The molecule has 1 aromatic carbocycles. The number of carbonyl (C=O) groups excluding carboxylic acids is 1. The maximum Gasteiger partial charge on any atom is 0.269 e. The van der Waals surface area contributed by atoms with Crippen molar-refractivity contribution in [3.63, 3.8) is 0 Å². The van der Waals surface area contributed by atoms with E-state index in [-0.39, 0.29) is 24.0 Å². The van der Waals surface area contributed by atoms with Gasteiger partial charge in [-0.25, -0.2) is 0 Å². The first-order chi connectivity index (χ1) is 9.11. The van der Waals surface area contributed by atoms with E-state index in [2.05, 4.69) is 5.32 Å². The second-order valence-electron chi connectivity index (χ2n) is 4.63. The van der Waals surface area contributed by atoms with E-state index >= 15 is 0 Å². The summed E-state index contributed by atoms with van der Waals surface area (Å²) in [6.45, 7) is 1.81. The molecule has 1 amide bonds. The minimum absolute atomic E-state index is 0. The molecular weight excluding hydrogens is 282 g/mol. The molecule has 2 rings (SSSR count). The third-order valence-electron chi connectivity index (χ3n) is 3.35. The highest BCUT2D eigenvalue weighted by atomic mass is 35.5. The lowest BCUT2D eigenvalue weighted by atomic mass is 9.99. The molecule has 7 heteroatoms. The Kier molecular flexibility index (Phi) is 5.91. The van der Waals surface area contributed by atoms with Gasteiger partial charge >= 0.3 is 0 Å². The number of fused-ring (bicyclic) bond motifs is 1. The standard InChI is InChI=1S/C13H17N3O3.ClH/c1-14-6-4-13(17)15-7-5-10-2-3-12(16(18)19)8-11(10)9-15;/h2-3,8,14H,4-7,9H2,1H3;1H. The molecule has 0 saturated heterocycles. The van der Waals surface area contributed by atoms with Gasteiger partial charge in [-0.3, -0.25) is 14.9 Å². The third-order valence-corrected chi connectivity index (χ3v) is 3.35. The van der Waals surface area contributed by atoms with Crippen LogP contribution in [0, 0.1) is 10.1 Å². The van der Waals surface area contributed by atoms with Crippen molar-refractivity contribution in [3.8, 4) is 0 Å². The van der Waals surface area contributed by atoms with Crippen molar-refractivity contribution in [2.75, 3.05) is 20.1 Å². The van der Waals surface area contributed by atoms with Crippen molar-refractivity contribution in [3.05, 3.63) is 39.4 Å². The lowest BCUT2D eigenvalue weighted by molar-refractivity contribution is -0.385. The molecule has 1 aromatic rings. The second-order valence-corrected chi connectivity index (χ2v) is 4.63. The summed E-state index contributed by atoms with van der Waals surface area (Å²) >= 11 is 0. The van der Waals surface area contributed by atoms with E-state index in [1.807, 2.05) is 7.05 Å². The summed E-state index contributed by atoms with van der Waals surface area (Å²) in [5.74, 6) is 0.0894. The zero-order valence-corrected chi connectivity index (χ0v) is 12.1. The maximum absolute atomic E-state index is 11.9. The Morgan fingerprint density at radius 1 is 1.45 bits per heavy atom. The first-order valence-electron chi connectivity index (χ1n) is 6.30. The molecule has 0 saturated carbocycles. The van der Waals surface area contributed by atoms with Crippen molar-refractivity contribution in [2.24, 2.45) is 0 Å². The van der Waals surface area contributed by atoms with Crippen molar-refractivity contribution >= 4 is 24.0 Å². The average Bonchev–Trinajstić information content (AvgIpc) is 2.43. The first-order valence-corrected chi connectivity index (χ1v) is 6.30. The van der Waals surface area contributed by atoms with Crippen LogP contribution in [0.5, 0.6) is 0 Å². The van der Waals surface area contributed by atoms with Crippen LogP contribution in [0.25, 0.3) is 0 Å². The number of nitro groups is 1. The van der Waals surface area contributed by atoms with Crippen LogP contribution in [0.4, 0.5) is 5.69 Å². The van der Waals surface area contributed by atoms with Crippen molar-refractivity contribution < 1.29 is 9.72 Å². The molecule has 0 radical (unpaired) electrons. The summed E-state index contributed by atoms with van der Waals surface area (Å²) in [4.78, 5) is 24.1. The average molecular weight is 300 g/mol. The molecule has 0 spiro atoms. The maximum atomic E-state index is 11.9. The van der Waals surface area contributed by atoms with Gasteiger partial charge in [0.05, 0.1) is 4.92 Å². The van der Waals surface area contributed by atoms with Gasteiger partial charge in [0.1, 0.15) is 0 Å². The molecule has 1 aliphatic heterocycles. The van der Waals surface area contributed by atoms with E-state index in [1.54, 1.807) is 17.0 Å². The van der Waals surface area contributed by atoms with Crippen LogP contribution in [-0.2, 0) is 17.8 Å². The van der Waals surface area contributed by atoms with Crippen LogP contribution in [0.3, 0.4) is 0 Å². The van der Waals surface area contributed by atoms with Crippen LogP contribution in [0.1, 0.15) is 17.5 Å². The predicted octanol–water partition coefficient (Wildman–Crippen LogP) is 1.51. The molecule has 0 aliphatic carbocycles. The van der Waals surface area contributed by atoms with Crippen molar-refractivity contribution in [2.45, 2.75) is 19.4 Å². The fourth-order valence-electron chi connectivity index (χ4n) is 2.26. The number of amides is 1. The predicted molar refractivity (Wildman–Crippen MR) is 78.0 cm³/mol. The molecule has 0 bridgehead atoms. The number of benzene rings is 1. The quantitative estimate of drug-likeness (QED) is 0.675. The lowest BCUT2D eigenvalue weighted by Gasteiger charge is -2.28. The molecule has 0 fully saturated rings. The minimum Gasteiger partial charge on any atom is -0.338 e. The normalized spacial score (nSPS) is 13.3. The Morgan fingerprint density at radius 2 is 2.20 bits per heavy atom. The van der Waals surface area contributed by atoms with Gasteiger partial charge in [0.2, 0.25) is 5.91 Å². The lowest BCUT2D eigenvalue weighted by Crippen LogP contribution is -2.37. The van der Waals surface area contributed by atoms with Crippen LogP contribution in [-0.4, -0.2) is 35.9 Å². The number of nitrogens with one attached hydrogen (secondary N) is 1. The molecule has 0 atom stereocenters. The number of nitro benzene ring substituents is 1. The summed E-state index contributed by atoms with van der Waals surface area (Å²) in [7, 11) is 1.81. The van der Waals surface area contributed by atoms with Crippen molar-refractivity contribution in [1.29, 1.82) is 0 Å². The van der Waals surface area contributed by atoms with E-state index in [9.17, 15) is 14.9 Å². The smallest absolute Gasteiger partial charge is 0.269 e. The number of nitrogens with zero attached hydrogens (tertiary/aromatic N) is 2. The number of non-ortho nitro benzene ring substituents is 1. The van der Waals surface area contributed by atoms with Gasteiger partial charge in [-0.1, -0.05) is 6.07 Å². The zero-order valence-electron chi connectivity index (χ0n) is 11.3. The van der Waals surface area contributed by atoms with Gasteiger partial charge in [0, 0.05) is 38.2 Å². The monoisotopic (exact) mass is 299 g/mol. The number of hydrogen-bond acceptors (Lipinski definition) is 4. The Bertz CT molecular complexity index is 508. The fourth-order valence-corrected chi connectivity index (χ4v) is 2.26. The summed E-state index contributed by atoms with van der Waals surface area (Å²) in [6, 6.07) is 4.90. The van der Waals surface area contributed by atoms with E-state index < -0.39 is 4.92 Å². The van der Waals surface area contributed by atoms with Crippen LogP contribution >= 0.6 is 12.4 Å². The molecule has 0 aromatic heterocycles. The molecule has 6 nitrogen and oxygen atoms in total. The molecule has 1 N–H and O–H groups in total. The number of hydrogen-bond donors (Lipinski definition) is 1. The van der Waals surface area contributed by atoms with Gasteiger partial charge < -0.3 is 10.2 Å². The van der Waals surface area contributed by atoms with Gasteiger partial charge in [0.15, 0.2) is 0 Å². The summed E-state index contributed by atoms with van der Waals surface area (Å²) in [6.07, 6.45) is 1.22. The molecule has 110 valence electrons. The van der Waals surface area contributed by atoms with E-state index in [0.29, 0.717) is 26.1 Å². The van der Waals surface area contributed by atoms with Gasteiger partial charge in [-0.15, -0.1) is 12.4 Å². The molecular formula is C13H18ClN3O3. The molecule has 1 heterocycles. The van der Waals surface area contributed by atoms with E-state index in [1.165, 1.54) is 6.07 Å². The second kappa shape index (κ2) is 7.21. The highest BCUT2D eigenvalue weighted by Gasteiger charge is 2.21. The van der Waals surface area contributed by atoms with Gasteiger partial charge in [0.25, 0.3) is 5.69 Å². The highest BCUT2D eigenvalue weighted by Crippen LogP contribution is 2.24. The molecule has 1 aliphatic rings. The Hall–Kier alpha value is -1.66. The summed E-state index contributed by atoms with van der Waals surface area (Å²) in [5, 5.41) is 13.7.